The molecule has 1 unspecified atom stereocenters. The molecule has 0 saturated heterocycles. The van der Waals surface area contributed by atoms with E-state index in [2.05, 4.69) is 15.4 Å². The van der Waals surface area contributed by atoms with Crippen LogP contribution in [0.2, 0.25) is 10.0 Å². The van der Waals surface area contributed by atoms with Gasteiger partial charge >= 0.3 is 12.0 Å². The van der Waals surface area contributed by atoms with E-state index in [9.17, 15) is 23.1 Å². The number of carbonyl (C=O) groups excluding carboxylic acids is 1. The van der Waals surface area contributed by atoms with E-state index in [-0.39, 0.29) is 27.4 Å². The third kappa shape index (κ3) is 7.93. The third-order valence-corrected chi connectivity index (χ3v) is 7.76. The Hall–Kier alpha value is -3.11. The van der Waals surface area contributed by atoms with Crippen molar-refractivity contribution in [1.82, 2.24) is 10.0 Å². The molecule has 0 heterocycles. The number of halogens is 2. The van der Waals surface area contributed by atoms with Crippen LogP contribution in [0.1, 0.15) is 19.4 Å². The molecular weight excluding hydrogens is 537 g/mol. The number of anilines is 1. The van der Waals surface area contributed by atoms with Gasteiger partial charge in [0.05, 0.1) is 10.0 Å². The molecule has 0 radical (unpaired) electrons. The lowest BCUT2D eigenvalue weighted by Gasteiger charge is -2.16. The summed E-state index contributed by atoms with van der Waals surface area (Å²) in [6, 6.07) is 16.7. The molecule has 0 aliphatic heterocycles. The fraction of sp³-hybridized carbons (Fsp3) is 0.231. The molecule has 2 amide bonds. The van der Waals surface area contributed by atoms with Gasteiger partial charge in [-0.15, -0.1) is 0 Å². The highest BCUT2D eigenvalue weighted by molar-refractivity contribution is 7.89. The Balaban J connectivity index is 1.72. The number of benzene rings is 3. The zero-order chi connectivity index (χ0) is 27.2. The molecule has 11 heteroatoms. The van der Waals surface area contributed by atoms with Gasteiger partial charge in [-0.25, -0.2) is 13.2 Å². The van der Waals surface area contributed by atoms with Crippen LogP contribution in [-0.2, 0) is 21.2 Å². The molecule has 196 valence electrons. The quantitative estimate of drug-likeness (QED) is 0.262. The third-order valence-electron chi connectivity index (χ3n) is 5.32. The molecule has 3 rings (SSSR count). The fourth-order valence-corrected chi connectivity index (χ4v) is 5.39. The minimum Gasteiger partial charge on any atom is -0.480 e. The van der Waals surface area contributed by atoms with Gasteiger partial charge in [0.2, 0.25) is 10.0 Å². The smallest absolute Gasteiger partial charge is 0.322 e. The lowest BCUT2D eigenvalue weighted by molar-refractivity contribution is -0.138. The Morgan fingerprint density at radius 3 is 2.27 bits per heavy atom. The Labute approximate surface area is 226 Å². The maximum atomic E-state index is 12.8. The molecule has 4 N–H and O–H groups in total. The Morgan fingerprint density at radius 1 is 0.946 bits per heavy atom. The molecule has 0 aromatic heterocycles. The molecule has 3 aromatic carbocycles. The molecule has 0 aliphatic carbocycles. The molecule has 0 saturated carbocycles. The summed E-state index contributed by atoms with van der Waals surface area (Å²) in [7, 11) is -4.24. The van der Waals surface area contributed by atoms with Crippen molar-refractivity contribution in [2.24, 2.45) is 5.92 Å². The van der Waals surface area contributed by atoms with Crippen molar-refractivity contribution in [3.63, 3.8) is 0 Å². The topological polar surface area (TPSA) is 125 Å². The van der Waals surface area contributed by atoms with E-state index in [1.54, 1.807) is 30.3 Å². The van der Waals surface area contributed by atoms with Gasteiger partial charge in [-0.2, -0.15) is 4.72 Å². The monoisotopic (exact) mass is 563 g/mol. The van der Waals surface area contributed by atoms with Crippen molar-refractivity contribution >= 4 is 50.9 Å². The van der Waals surface area contributed by atoms with Crippen LogP contribution in [0.25, 0.3) is 11.1 Å². The number of carboxylic acid groups (broad SMARTS) is 1. The standard InChI is InChI=1S/C26H27Cl2N3O5S/c1-16(2)15-29-26(34)30-20-6-3-5-19(14-20)18-11-9-17(10-12-18)13-22(25(32)33)31-37(35,36)23-8-4-7-21(27)24(23)28/h3-12,14,16,22,31H,13,15H2,1-2H3,(H,32,33)(H2,29,30,34). The van der Waals surface area contributed by atoms with Crippen LogP contribution in [0, 0.1) is 5.92 Å². The summed E-state index contributed by atoms with van der Waals surface area (Å²) in [4.78, 5) is 23.6. The van der Waals surface area contributed by atoms with Crippen molar-refractivity contribution in [3.8, 4) is 11.1 Å². The van der Waals surface area contributed by atoms with E-state index in [1.165, 1.54) is 18.2 Å². The van der Waals surface area contributed by atoms with Crippen LogP contribution >= 0.6 is 23.2 Å². The lowest BCUT2D eigenvalue weighted by Crippen LogP contribution is -2.42. The Bertz CT molecular complexity index is 1380. The number of rotatable bonds is 10. The van der Waals surface area contributed by atoms with Crippen LogP contribution in [0.4, 0.5) is 10.5 Å². The molecule has 0 bridgehead atoms. The number of amides is 2. The van der Waals surface area contributed by atoms with Crippen LogP contribution in [-0.4, -0.2) is 38.1 Å². The molecule has 1 atom stereocenters. The number of hydrogen-bond acceptors (Lipinski definition) is 4. The average Bonchev–Trinajstić information content (AvgIpc) is 2.84. The van der Waals surface area contributed by atoms with Crippen LogP contribution in [0.3, 0.4) is 0 Å². The predicted octanol–water partition coefficient (Wildman–Crippen LogP) is 5.41. The van der Waals surface area contributed by atoms with Gasteiger partial charge in [0, 0.05) is 12.2 Å². The van der Waals surface area contributed by atoms with E-state index < -0.39 is 22.0 Å². The lowest BCUT2D eigenvalue weighted by atomic mass is 10.0. The van der Waals surface area contributed by atoms with Crippen LogP contribution in [0.15, 0.2) is 71.6 Å². The summed E-state index contributed by atoms with van der Waals surface area (Å²) < 4.78 is 27.8. The summed E-state index contributed by atoms with van der Waals surface area (Å²) in [6.45, 7) is 4.58. The van der Waals surface area contributed by atoms with Crippen molar-refractivity contribution in [2.45, 2.75) is 31.2 Å². The molecular formula is C26H27Cl2N3O5S. The first-order chi connectivity index (χ1) is 17.5. The number of sulfonamides is 1. The Kier molecular flexibility index (Phi) is 9.56. The minimum absolute atomic E-state index is 0.0439. The van der Waals surface area contributed by atoms with Gasteiger partial charge in [-0.3, -0.25) is 4.79 Å². The summed E-state index contributed by atoms with van der Waals surface area (Å²) in [5.74, 6) is -0.999. The van der Waals surface area contributed by atoms with Crippen molar-refractivity contribution < 1.29 is 23.1 Å². The second-order valence-electron chi connectivity index (χ2n) is 8.77. The van der Waals surface area contributed by atoms with Gasteiger partial charge in [-0.1, -0.05) is 79.5 Å². The predicted molar refractivity (Wildman–Crippen MR) is 146 cm³/mol. The van der Waals surface area contributed by atoms with E-state index in [4.69, 9.17) is 23.2 Å². The second kappa shape index (κ2) is 12.4. The number of hydrogen-bond donors (Lipinski definition) is 4. The van der Waals surface area contributed by atoms with Crippen LogP contribution in [0.5, 0.6) is 0 Å². The molecule has 8 nitrogen and oxygen atoms in total. The number of carboxylic acids is 1. The number of urea groups is 1. The van der Waals surface area contributed by atoms with Crippen LogP contribution < -0.4 is 15.4 Å². The first-order valence-corrected chi connectivity index (χ1v) is 13.6. The zero-order valence-corrected chi connectivity index (χ0v) is 22.5. The SMILES string of the molecule is CC(C)CNC(=O)Nc1cccc(-c2ccc(CC(NS(=O)(=O)c3cccc(Cl)c3Cl)C(=O)O)cc2)c1. The van der Waals surface area contributed by atoms with Crippen molar-refractivity contribution in [1.29, 1.82) is 0 Å². The van der Waals surface area contributed by atoms with Gasteiger partial charge in [0.25, 0.3) is 0 Å². The summed E-state index contributed by atoms with van der Waals surface area (Å²) in [5.41, 5.74) is 2.92. The average molecular weight is 564 g/mol. The zero-order valence-electron chi connectivity index (χ0n) is 20.2. The molecule has 0 spiro atoms. The highest BCUT2D eigenvalue weighted by atomic mass is 35.5. The maximum Gasteiger partial charge on any atom is 0.322 e. The second-order valence-corrected chi connectivity index (χ2v) is 11.2. The maximum absolute atomic E-state index is 12.8. The summed E-state index contributed by atoms with van der Waals surface area (Å²) in [6.07, 6.45) is -0.0926. The minimum atomic E-state index is -4.24. The molecule has 0 fully saturated rings. The van der Waals surface area contributed by atoms with Gasteiger partial charge in [0.1, 0.15) is 10.9 Å². The molecule has 3 aromatic rings. The number of aliphatic carboxylic acids is 1. The summed E-state index contributed by atoms with van der Waals surface area (Å²) >= 11 is 11.9. The normalized spacial score (nSPS) is 12.2. The van der Waals surface area contributed by atoms with E-state index in [0.29, 0.717) is 23.7 Å². The van der Waals surface area contributed by atoms with E-state index in [1.807, 2.05) is 32.0 Å². The van der Waals surface area contributed by atoms with Crippen molar-refractivity contribution in [3.05, 3.63) is 82.3 Å². The molecule has 0 aliphatic rings. The number of carbonyl (C=O) groups is 2. The Morgan fingerprint density at radius 2 is 1.62 bits per heavy atom. The van der Waals surface area contributed by atoms with Crippen molar-refractivity contribution in [2.75, 3.05) is 11.9 Å². The fourth-order valence-electron chi connectivity index (χ4n) is 3.44. The largest absolute Gasteiger partial charge is 0.480 e. The van der Waals surface area contributed by atoms with Gasteiger partial charge in [-0.05, 0) is 53.3 Å². The summed E-state index contributed by atoms with van der Waals surface area (Å²) in [5, 5.41) is 15.1. The number of nitrogens with one attached hydrogen (secondary N) is 3. The van der Waals surface area contributed by atoms with Gasteiger partial charge < -0.3 is 15.7 Å². The first-order valence-electron chi connectivity index (χ1n) is 11.4. The van der Waals surface area contributed by atoms with E-state index in [0.717, 1.165) is 11.1 Å². The molecule has 37 heavy (non-hydrogen) atoms. The first kappa shape index (κ1) is 28.5. The highest BCUT2D eigenvalue weighted by Gasteiger charge is 2.27. The van der Waals surface area contributed by atoms with Gasteiger partial charge in [0.15, 0.2) is 0 Å². The highest BCUT2D eigenvalue weighted by Crippen LogP contribution is 2.29. The van der Waals surface area contributed by atoms with E-state index >= 15 is 0 Å².